The summed E-state index contributed by atoms with van der Waals surface area (Å²) in [5.74, 6) is 0.130. The predicted molar refractivity (Wildman–Crippen MR) is 40.6 cm³/mol. The van der Waals surface area contributed by atoms with E-state index in [1.165, 1.54) is 12.8 Å². The molecule has 56 valence electrons. The Morgan fingerprint density at radius 3 is 2.60 bits per heavy atom. The van der Waals surface area contributed by atoms with Gasteiger partial charge in [-0.25, -0.2) is 0 Å². The van der Waals surface area contributed by atoms with Crippen LogP contribution in [-0.4, -0.2) is 23.9 Å². The number of allylic oxidation sites excluding steroid dienone is 1. The van der Waals surface area contributed by atoms with Crippen molar-refractivity contribution in [1.29, 1.82) is 0 Å². The van der Waals surface area contributed by atoms with Crippen molar-refractivity contribution in [3.63, 3.8) is 0 Å². The van der Waals surface area contributed by atoms with Crippen LogP contribution in [0.1, 0.15) is 19.8 Å². The van der Waals surface area contributed by atoms with Crippen molar-refractivity contribution < 1.29 is 4.79 Å². The van der Waals surface area contributed by atoms with Crippen molar-refractivity contribution in [3.05, 3.63) is 12.2 Å². The van der Waals surface area contributed by atoms with Crippen molar-refractivity contribution in [2.45, 2.75) is 25.8 Å². The first-order chi connectivity index (χ1) is 4.75. The number of amides is 1. The molecule has 0 aromatic carbocycles. The van der Waals surface area contributed by atoms with Crippen LogP contribution in [0.3, 0.4) is 0 Å². The van der Waals surface area contributed by atoms with Gasteiger partial charge in [-0.2, -0.15) is 0 Å². The van der Waals surface area contributed by atoms with Crippen LogP contribution in [0, 0.1) is 0 Å². The SMILES string of the molecule is C/C=C/C(=O)N(C)C1CC1. The van der Waals surface area contributed by atoms with Gasteiger partial charge in [0.05, 0.1) is 0 Å². The van der Waals surface area contributed by atoms with E-state index < -0.39 is 0 Å². The molecule has 0 saturated heterocycles. The largest absolute Gasteiger partial charge is 0.339 e. The van der Waals surface area contributed by atoms with Crippen LogP contribution in [0.25, 0.3) is 0 Å². The molecule has 1 saturated carbocycles. The Labute approximate surface area is 61.5 Å². The van der Waals surface area contributed by atoms with Gasteiger partial charge < -0.3 is 4.90 Å². The molecule has 0 aliphatic heterocycles. The molecule has 2 nitrogen and oxygen atoms in total. The van der Waals surface area contributed by atoms with Gasteiger partial charge in [-0.1, -0.05) is 6.08 Å². The molecule has 1 amide bonds. The lowest BCUT2D eigenvalue weighted by molar-refractivity contribution is -0.125. The zero-order valence-corrected chi connectivity index (χ0v) is 6.50. The summed E-state index contributed by atoms with van der Waals surface area (Å²) < 4.78 is 0. The minimum Gasteiger partial charge on any atom is -0.339 e. The van der Waals surface area contributed by atoms with Crippen molar-refractivity contribution >= 4 is 5.91 Å². The molecule has 0 atom stereocenters. The number of hydrogen-bond acceptors (Lipinski definition) is 1. The fourth-order valence-corrected chi connectivity index (χ4v) is 0.902. The van der Waals surface area contributed by atoms with E-state index in [0.717, 1.165) is 0 Å². The fourth-order valence-electron chi connectivity index (χ4n) is 0.902. The van der Waals surface area contributed by atoms with Gasteiger partial charge in [0.15, 0.2) is 0 Å². The first-order valence-corrected chi connectivity index (χ1v) is 3.65. The lowest BCUT2D eigenvalue weighted by Gasteiger charge is -2.12. The molecule has 0 aromatic rings. The normalized spacial score (nSPS) is 17.8. The molecule has 0 bridgehead atoms. The Morgan fingerprint density at radius 2 is 2.20 bits per heavy atom. The van der Waals surface area contributed by atoms with Crippen LogP contribution in [0.15, 0.2) is 12.2 Å². The van der Waals surface area contributed by atoms with Crippen molar-refractivity contribution in [1.82, 2.24) is 4.90 Å². The molecule has 0 aromatic heterocycles. The van der Waals surface area contributed by atoms with E-state index in [1.807, 2.05) is 14.0 Å². The third kappa shape index (κ3) is 1.59. The molecule has 1 rings (SSSR count). The summed E-state index contributed by atoms with van der Waals surface area (Å²) in [5, 5.41) is 0. The average molecular weight is 139 g/mol. The summed E-state index contributed by atoms with van der Waals surface area (Å²) in [4.78, 5) is 12.9. The molecule has 2 heteroatoms. The van der Waals surface area contributed by atoms with Crippen LogP contribution in [0.2, 0.25) is 0 Å². The van der Waals surface area contributed by atoms with Gasteiger partial charge in [-0.15, -0.1) is 0 Å². The van der Waals surface area contributed by atoms with Crippen LogP contribution in [-0.2, 0) is 4.79 Å². The molecule has 0 spiro atoms. The topological polar surface area (TPSA) is 20.3 Å². The van der Waals surface area contributed by atoms with Crippen molar-refractivity contribution in [2.24, 2.45) is 0 Å². The Hall–Kier alpha value is -0.790. The Morgan fingerprint density at radius 1 is 1.60 bits per heavy atom. The maximum absolute atomic E-state index is 11.1. The fraction of sp³-hybridized carbons (Fsp3) is 0.625. The minimum atomic E-state index is 0.130. The van der Waals surface area contributed by atoms with Gasteiger partial charge in [-0.05, 0) is 25.8 Å². The second-order valence-electron chi connectivity index (χ2n) is 2.68. The second-order valence-corrected chi connectivity index (χ2v) is 2.68. The van der Waals surface area contributed by atoms with Gasteiger partial charge in [-0.3, -0.25) is 4.79 Å². The van der Waals surface area contributed by atoms with Gasteiger partial charge in [0, 0.05) is 13.1 Å². The molecular weight excluding hydrogens is 126 g/mol. The molecule has 10 heavy (non-hydrogen) atoms. The maximum atomic E-state index is 11.1. The molecular formula is C8H13NO. The number of likely N-dealkylation sites (N-methyl/N-ethyl adjacent to an activating group) is 1. The van der Waals surface area contributed by atoms with Crippen molar-refractivity contribution in [3.8, 4) is 0 Å². The minimum absolute atomic E-state index is 0.130. The Balaban J connectivity index is 2.38. The summed E-state index contributed by atoms with van der Waals surface area (Å²) in [5.41, 5.74) is 0. The summed E-state index contributed by atoms with van der Waals surface area (Å²) >= 11 is 0. The van der Waals surface area contributed by atoms with Crippen molar-refractivity contribution in [2.75, 3.05) is 7.05 Å². The van der Waals surface area contributed by atoms with E-state index in [1.54, 1.807) is 17.1 Å². The highest BCUT2D eigenvalue weighted by molar-refractivity contribution is 5.87. The summed E-state index contributed by atoms with van der Waals surface area (Å²) in [6, 6.07) is 0.531. The van der Waals surface area contributed by atoms with E-state index in [2.05, 4.69) is 0 Å². The monoisotopic (exact) mass is 139 g/mol. The van der Waals surface area contributed by atoms with Gasteiger partial charge in [0.1, 0.15) is 0 Å². The third-order valence-electron chi connectivity index (χ3n) is 1.75. The van der Waals surface area contributed by atoms with E-state index in [9.17, 15) is 4.79 Å². The van der Waals surface area contributed by atoms with E-state index in [4.69, 9.17) is 0 Å². The summed E-state index contributed by atoms with van der Waals surface area (Å²) in [6.07, 6.45) is 5.75. The van der Waals surface area contributed by atoms with Gasteiger partial charge in [0.25, 0.3) is 0 Å². The second kappa shape index (κ2) is 2.86. The number of hydrogen-bond donors (Lipinski definition) is 0. The lowest BCUT2D eigenvalue weighted by Crippen LogP contribution is -2.26. The highest BCUT2D eigenvalue weighted by atomic mass is 16.2. The molecule has 0 heterocycles. The van der Waals surface area contributed by atoms with Crippen LogP contribution in [0.4, 0.5) is 0 Å². The van der Waals surface area contributed by atoms with Crippen LogP contribution < -0.4 is 0 Å². The summed E-state index contributed by atoms with van der Waals surface area (Å²) in [6.45, 7) is 1.86. The van der Waals surface area contributed by atoms with Crippen LogP contribution >= 0.6 is 0 Å². The van der Waals surface area contributed by atoms with E-state index in [0.29, 0.717) is 6.04 Å². The van der Waals surface area contributed by atoms with Crippen LogP contribution in [0.5, 0.6) is 0 Å². The molecule has 0 unspecified atom stereocenters. The Bertz CT molecular complexity index is 159. The zero-order chi connectivity index (χ0) is 7.56. The zero-order valence-electron chi connectivity index (χ0n) is 6.50. The number of carbonyl (C=O) groups is 1. The standard InChI is InChI=1S/C8H13NO/c1-3-4-8(10)9(2)7-5-6-7/h3-4,7H,5-6H2,1-2H3/b4-3+. The number of carbonyl (C=O) groups excluding carboxylic acids is 1. The quantitative estimate of drug-likeness (QED) is 0.526. The highest BCUT2D eigenvalue weighted by Crippen LogP contribution is 2.25. The lowest BCUT2D eigenvalue weighted by atomic mass is 10.4. The van der Waals surface area contributed by atoms with E-state index >= 15 is 0 Å². The van der Waals surface area contributed by atoms with E-state index in [-0.39, 0.29) is 5.91 Å². The molecule has 0 N–H and O–H groups in total. The smallest absolute Gasteiger partial charge is 0.246 e. The number of nitrogens with zero attached hydrogens (tertiary/aromatic N) is 1. The average Bonchev–Trinajstić information content (AvgIpc) is 2.68. The molecule has 1 aliphatic rings. The first-order valence-electron chi connectivity index (χ1n) is 3.65. The molecule has 1 aliphatic carbocycles. The molecule has 0 radical (unpaired) electrons. The first kappa shape index (κ1) is 7.32. The van der Waals surface area contributed by atoms with Gasteiger partial charge in [0.2, 0.25) is 5.91 Å². The predicted octanol–water partition coefficient (Wildman–Crippen LogP) is 1.18. The molecule has 1 fully saturated rings. The highest BCUT2D eigenvalue weighted by Gasteiger charge is 2.28. The third-order valence-corrected chi connectivity index (χ3v) is 1.75. The Kier molecular flexibility index (Phi) is 2.10. The maximum Gasteiger partial charge on any atom is 0.246 e. The summed E-state index contributed by atoms with van der Waals surface area (Å²) in [7, 11) is 1.86. The number of rotatable bonds is 2. The van der Waals surface area contributed by atoms with Gasteiger partial charge >= 0.3 is 0 Å².